The molecule has 1 fully saturated rings. The molecule has 4 rings (SSSR count). The third kappa shape index (κ3) is 4.05. The highest BCUT2D eigenvalue weighted by atomic mass is 35.5. The highest BCUT2D eigenvalue weighted by Crippen LogP contribution is 2.37. The van der Waals surface area contributed by atoms with E-state index in [1.807, 2.05) is 0 Å². The molecule has 0 atom stereocenters. The molecule has 0 radical (unpaired) electrons. The Balaban J connectivity index is 1.56. The molecule has 1 aliphatic carbocycles. The molecule has 160 valence electrons. The third-order valence-electron chi connectivity index (χ3n) is 5.98. The molecule has 0 aliphatic heterocycles. The fourth-order valence-electron chi connectivity index (χ4n) is 4.19. The van der Waals surface area contributed by atoms with Gasteiger partial charge in [-0.3, -0.25) is 13.9 Å². The molecule has 0 unspecified atom stereocenters. The van der Waals surface area contributed by atoms with Crippen molar-refractivity contribution < 1.29 is 13.6 Å². The SMILES string of the molecule is CC(C)C1CCC(n2cc(NC(=O)c3cnc4ccc(Cl)cn34)c(C(F)F)n2)CC1. The van der Waals surface area contributed by atoms with Gasteiger partial charge in [0, 0.05) is 12.4 Å². The fraction of sp³-hybridized carbons (Fsp3) is 0.476. The Kier molecular flexibility index (Phi) is 5.77. The number of anilines is 1. The van der Waals surface area contributed by atoms with E-state index in [0.717, 1.165) is 25.7 Å². The van der Waals surface area contributed by atoms with E-state index < -0.39 is 18.0 Å². The lowest BCUT2D eigenvalue weighted by Crippen LogP contribution is -2.21. The maximum absolute atomic E-state index is 13.6. The van der Waals surface area contributed by atoms with Gasteiger partial charge in [0.05, 0.1) is 22.9 Å². The Morgan fingerprint density at radius 3 is 2.60 bits per heavy atom. The predicted octanol–water partition coefficient (Wildman–Crippen LogP) is 5.76. The molecule has 1 saturated carbocycles. The monoisotopic (exact) mass is 435 g/mol. The summed E-state index contributed by atoms with van der Waals surface area (Å²) in [4.78, 5) is 16.9. The van der Waals surface area contributed by atoms with Crippen molar-refractivity contribution in [3.05, 3.63) is 47.1 Å². The second-order valence-corrected chi connectivity index (χ2v) is 8.63. The number of aromatic nitrogens is 4. The van der Waals surface area contributed by atoms with Gasteiger partial charge in [0.25, 0.3) is 12.3 Å². The van der Waals surface area contributed by atoms with E-state index in [1.165, 1.54) is 16.8 Å². The first-order valence-electron chi connectivity index (χ1n) is 10.1. The summed E-state index contributed by atoms with van der Waals surface area (Å²) in [5.41, 5.74) is 0.355. The first-order chi connectivity index (χ1) is 14.3. The number of hydrogen-bond donors (Lipinski definition) is 1. The van der Waals surface area contributed by atoms with Crippen LogP contribution in [-0.2, 0) is 0 Å². The molecule has 9 heteroatoms. The molecule has 3 aromatic rings. The number of carbonyl (C=O) groups is 1. The topological polar surface area (TPSA) is 64.2 Å². The summed E-state index contributed by atoms with van der Waals surface area (Å²) in [6, 6.07) is 3.41. The normalized spacial score (nSPS) is 19.7. The Bertz CT molecular complexity index is 1050. The van der Waals surface area contributed by atoms with Crippen LogP contribution in [0, 0.1) is 11.8 Å². The highest BCUT2D eigenvalue weighted by Gasteiger charge is 2.28. The number of rotatable bonds is 5. The second kappa shape index (κ2) is 8.34. The maximum atomic E-state index is 13.6. The summed E-state index contributed by atoms with van der Waals surface area (Å²) in [7, 11) is 0. The lowest BCUT2D eigenvalue weighted by atomic mass is 9.80. The molecule has 0 bridgehead atoms. The van der Waals surface area contributed by atoms with Crippen LogP contribution < -0.4 is 5.32 Å². The van der Waals surface area contributed by atoms with Crippen molar-refractivity contribution in [1.29, 1.82) is 0 Å². The van der Waals surface area contributed by atoms with Crippen LogP contribution in [0.3, 0.4) is 0 Å². The van der Waals surface area contributed by atoms with E-state index in [0.29, 0.717) is 22.5 Å². The molecule has 3 heterocycles. The first kappa shape index (κ1) is 20.8. The van der Waals surface area contributed by atoms with Gasteiger partial charge in [-0.2, -0.15) is 5.10 Å². The van der Waals surface area contributed by atoms with Crippen molar-refractivity contribution in [2.24, 2.45) is 11.8 Å². The van der Waals surface area contributed by atoms with Gasteiger partial charge in [0.1, 0.15) is 11.3 Å². The molecule has 0 spiro atoms. The standard InChI is InChI=1S/C21H24ClF2N5O/c1-12(2)13-3-6-15(7-4-13)29-11-16(19(27-29)20(23)24)26-21(30)17-9-25-18-8-5-14(22)10-28(17)18/h5,8-13,15,20H,3-4,6-7H2,1-2H3,(H,26,30). The van der Waals surface area contributed by atoms with Gasteiger partial charge in [-0.15, -0.1) is 0 Å². The van der Waals surface area contributed by atoms with Crippen LogP contribution in [0.2, 0.25) is 5.02 Å². The maximum Gasteiger partial charge on any atom is 0.284 e. The van der Waals surface area contributed by atoms with Crippen LogP contribution >= 0.6 is 11.6 Å². The van der Waals surface area contributed by atoms with Crippen LogP contribution in [-0.4, -0.2) is 25.1 Å². The molecule has 30 heavy (non-hydrogen) atoms. The molecular weight excluding hydrogens is 412 g/mol. The quantitative estimate of drug-likeness (QED) is 0.554. The minimum absolute atomic E-state index is 0.0259. The van der Waals surface area contributed by atoms with Gasteiger partial charge >= 0.3 is 0 Å². The molecule has 3 aromatic heterocycles. The van der Waals surface area contributed by atoms with Crippen molar-refractivity contribution in [3.8, 4) is 0 Å². The molecule has 1 amide bonds. The van der Waals surface area contributed by atoms with Crippen LogP contribution in [0.5, 0.6) is 0 Å². The van der Waals surface area contributed by atoms with Crippen molar-refractivity contribution >= 4 is 28.8 Å². The number of nitrogens with zero attached hydrogens (tertiary/aromatic N) is 4. The van der Waals surface area contributed by atoms with Gasteiger partial charge < -0.3 is 5.32 Å². The van der Waals surface area contributed by atoms with Crippen LogP contribution in [0.15, 0.2) is 30.7 Å². The first-order valence-corrected chi connectivity index (χ1v) is 10.5. The number of amides is 1. The zero-order valence-corrected chi connectivity index (χ0v) is 17.6. The van der Waals surface area contributed by atoms with Crippen molar-refractivity contribution in [3.63, 3.8) is 0 Å². The lowest BCUT2D eigenvalue weighted by molar-refractivity contribution is 0.102. The number of halogens is 3. The Labute approximate surface area is 178 Å². The Hall–Kier alpha value is -2.48. The van der Waals surface area contributed by atoms with Crippen molar-refractivity contribution in [2.75, 3.05) is 5.32 Å². The summed E-state index contributed by atoms with van der Waals surface area (Å²) in [5, 5.41) is 7.15. The van der Waals surface area contributed by atoms with Gasteiger partial charge in [-0.1, -0.05) is 25.4 Å². The zero-order valence-electron chi connectivity index (χ0n) is 16.9. The van der Waals surface area contributed by atoms with Gasteiger partial charge in [0.15, 0.2) is 5.69 Å². The van der Waals surface area contributed by atoms with E-state index in [4.69, 9.17) is 11.6 Å². The summed E-state index contributed by atoms with van der Waals surface area (Å²) < 4.78 is 30.3. The molecule has 0 saturated heterocycles. The summed E-state index contributed by atoms with van der Waals surface area (Å²) in [5.74, 6) is 0.733. The Morgan fingerprint density at radius 2 is 1.93 bits per heavy atom. The predicted molar refractivity (Wildman–Crippen MR) is 111 cm³/mol. The third-order valence-corrected chi connectivity index (χ3v) is 6.20. The molecule has 6 nitrogen and oxygen atoms in total. The van der Waals surface area contributed by atoms with Crippen molar-refractivity contribution in [2.45, 2.75) is 52.0 Å². The molecule has 0 aromatic carbocycles. The Morgan fingerprint density at radius 1 is 1.20 bits per heavy atom. The van der Waals surface area contributed by atoms with Gasteiger partial charge in [-0.05, 0) is 49.7 Å². The average Bonchev–Trinajstić information content (AvgIpc) is 3.32. The van der Waals surface area contributed by atoms with Crippen LogP contribution in [0.25, 0.3) is 5.65 Å². The fourth-order valence-corrected chi connectivity index (χ4v) is 4.35. The molecular formula is C21H24ClF2N5O. The number of carbonyl (C=O) groups excluding carboxylic acids is 1. The number of fused-ring (bicyclic) bond motifs is 1. The number of hydrogen-bond acceptors (Lipinski definition) is 3. The van der Waals surface area contributed by atoms with E-state index in [2.05, 4.69) is 29.2 Å². The minimum atomic E-state index is -2.79. The smallest absolute Gasteiger partial charge is 0.284 e. The van der Waals surface area contributed by atoms with Crippen molar-refractivity contribution in [1.82, 2.24) is 19.2 Å². The minimum Gasteiger partial charge on any atom is -0.318 e. The second-order valence-electron chi connectivity index (χ2n) is 8.19. The van der Waals surface area contributed by atoms with Gasteiger partial charge in [0.2, 0.25) is 0 Å². The number of nitrogens with one attached hydrogen (secondary N) is 1. The van der Waals surface area contributed by atoms with E-state index >= 15 is 0 Å². The zero-order chi connectivity index (χ0) is 21.4. The highest BCUT2D eigenvalue weighted by molar-refractivity contribution is 6.30. The number of imidazole rings is 1. The lowest BCUT2D eigenvalue weighted by Gasteiger charge is -2.30. The summed E-state index contributed by atoms with van der Waals surface area (Å²) >= 11 is 6.01. The van der Waals surface area contributed by atoms with E-state index in [-0.39, 0.29) is 17.4 Å². The average molecular weight is 436 g/mol. The largest absolute Gasteiger partial charge is 0.318 e. The molecule has 1 aliphatic rings. The van der Waals surface area contributed by atoms with Gasteiger partial charge in [-0.25, -0.2) is 13.8 Å². The molecule has 1 N–H and O–H groups in total. The van der Waals surface area contributed by atoms with Crippen LogP contribution in [0.4, 0.5) is 14.5 Å². The summed E-state index contributed by atoms with van der Waals surface area (Å²) in [6.45, 7) is 4.43. The van der Waals surface area contributed by atoms with Crippen LogP contribution in [0.1, 0.15) is 68.2 Å². The summed E-state index contributed by atoms with van der Waals surface area (Å²) in [6.07, 6.45) is 5.58. The van der Waals surface area contributed by atoms with E-state index in [9.17, 15) is 13.6 Å². The number of pyridine rings is 1. The van der Waals surface area contributed by atoms with E-state index in [1.54, 1.807) is 23.0 Å². The number of alkyl halides is 2.